The Morgan fingerprint density at radius 3 is 0.678 bits per heavy atom. The molecular formula is C82H158O5. The molecular weight excluding hydrogens is 1060 g/mol. The van der Waals surface area contributed by atoms with E-state index in [0.29, 0.717) is 12.8 Å². The zero-order valence-electron chi connectivity index (χ0n) is 59.6. The van der Waals surface area contributed by atoms with Gasteiger partial charge in [0.25, 0.3) is 0 Å². The number of ether oxygens (including phenoxy) is 2. The van der Waals surface area contributed by atoms with Gasteiger partial charge in [-0.1, -0.05) is 436 Å². The van der Waals surface area contributed by atoms with Crippen LogP contribution in [0.4, 0.5) is 0 Å². The number of allylic oxidation sites excluding steroid dienone is 4. The van der Waals surface area contributed by atoms with Crippen molar-refractivity contribution in [2.24, 2.45) is 0 Å². The van der Waals surface area contributed by atoms with Gasteiger partial charge in [0.2, 0.25) is 0 Å². The molecule has 0 rings (SSSR count). The smallest absolute Gasteiger partial charge is 0.306 e. The summed E-state index contributed by atoms with van der Waals surface area (Å²) in [6.45, 7) is 4.21. The second-order valence-electron chi connectivity index (χ2n) is 27.9. The first kappa shape index (κ1) is 85.4. The Labute approximate surface area is 546 Å². The van der Waals surface area contributed by atoms with Gasteiger partial charge in [0.1, 0.15) is 6.61 Å². The summed E-state index contributed by atoms with van der Waals surface area (Å²) in [5.74, 6) is -0.558. The minimum absolute atomic E-state index is 0.0565. The Kier molecular flexibility index (Phi) is 77.2. The monoisotopic (exact) mass is 1220 g/mol. The van der Waals surface area contributed by atoms with Crippen molar-refractivity contribution < 1.29 is 24.2 Å². The quantitative estimate of drug-likeness (QED) is 0.0373. The minimum atomic E-state index is -0.768. The standard InChI is InChI=1S/C82H158O5/c1-3-5-7-9-11-13-15-17-19-21-23-25-27-29-31-33-35-37-38-39-40-41-42-43-44-45-47-49-51-53-55-57-59-61-63-65-67-69-71-73-75-77-82(85)87-80(78-83)79-86-81(84)76-74-72-70-68-66-64-62-60-58-56-54-52-50-48-46-36-34-32-30-28-26-24-22-20-18-16-14-12-10-8-6-4-2/h15,17,21,23,80,83H,3-14,16,18-20,22,24-79H2,1-2H3/b17-15-,23-21-. The van der Waals surface area contributed by atoms with Crippen molar-refractivity contribution in [3.63, 3.8) is 0 Å². The molecule has 0 spiro atoms. The second-order valence-corrected chi connectivity index (χ2v) is 27.9. The summed E-state index contributed by atoms with van der Waals surface area (Å²) in [7, 11) is 0. The number of esters is 2. The Hall–Kier alpha value is -1.62. The molecule has 0 aliphatic carbocycles. The van der Waals surface area contributed by atoms with Gasteiger partial charge in [0, 0.05) is 12.8 Å². The van der Waals surface area contributed by atoms with E-state index in [-0.39, 0.29) is 25.2 Å². The molecule has 0 aliphatic rings. The summed E-state index contributed by atoms with van der Waals surface area (Å²) in [6, 6.07) is 0. The highest BCUT2D eigenvalue weighted by molar-refractivity contribution is 5.70. The Bertz CT molecular complexity index is 1340. The number of rotatable bonds is 77. The van der Waals surface area contributed by atoms with E-state index in [1.54, 1.807) is 0 Å². The first-order valence-electron chi connectivity index (χ1n) is 40.4. The summed E-state index contributed by atoms with van der Waals surface area (Å²) in [5.41, 5.74) is 0. The van der Waals surface area contributed by atoms with Crippen molar-refractivity contribution in [2.45, 2.75) is 476 Å². The molecule has 0 saturated heterocycles. The van der Waals surface area contributed by atoms with Crippen LogP contribution in [0.5, 0.6) is 0 Å². The molecule has 0 aromatic heterocycles. The fourth-order valence-corrected chi connectivity index (χ4v) is 12.9. The molecule has 5 nitrogen and oxygen atoms in total. The van der Waals surface area contributed by atoms with Gasteiger partial charge in [-0.05, 0) is 44.9 Å². The van der Waals surface area contributed by atoms with Gasteiger partial charge in [-0.15, -0.1) is 0 Å². The lowest BCUT2D eigenvalue weighted by atomic mass is 10.0. The van der Waals surface area contributed by atoms with Crippen molar-refractivity contribution in [1.82, 2.24) is 0 Å². The SMILES string of the molecule is CCCCCCC/C=C\C/C=C\CCCCCCCCCCCCCCCCCCCCCCCCCCCCCCCC(=O)OC(CO)COC(=O)CCCCCCCCCCCCCCCCCCCCCCCCCCCCCCCCCC. The molecule has 1 atom stereocenters. The molecule has 5 heteroatoms. The fraction of sp³-hybridized carbons (Fsp3) is 0.927. The fourth-order valence-electron chi connectivity index (χ4n) is 12.9. The Morgan fingerprint density at radius 2 is 0.460 bits per heavy atom. The normalized spacial score (nSPS) is 12.2. The van der Waals surface area contributed by atoms with E-state index < -0.39 is 6.10 Å². The Morgan fingerprint density at radius 1 is 0.264 bits per heavy atom. The lowest BCUT2D eigenvalue weighted by Gasteiger charge is -2.15. The van der Waals surface area contributed by atoms with Gasteiger partial charge in [-0.3, -0.25) is 9.59 Å². The van der Waals surface area contributed by atoms with Crippen molar-refractivity contribution in [2.75, 3.05) is 13.2 Å². The van der Waals surface area contributed by atoms with Crippen LogP contribution in [0.15, 0.2) is 24.3 Å². The summed E-state index contributed by atoms with van der Waals surface area (Å²) in [6.07, 6.45) is 104. The molecule has 0 heterocycles. The van der Waals surface area contributed by atoms with Crippen LogP contribution in [-0.4, -0.2) is 36.4 Å². The van der Waals surface area contributed by atoms with Gasteiger partial charge < -0.3 is 14.6 Å². The number of hydrogen-bond acceptors (Lipinski definition) is 5. The van der Waals surface area contributed by atoms with E-state index in [9.17, 15) is 14.7 Å². The van der Waals surface area contributed by atoms with Crippen LogP contribution in [0.1, 0.15) is 470 Å². The van der Waals surface area contributed by atoms with Gasteiger partial charge in [0.05, 0.1) is 6.61 Å². The maximum absolute atomic E-state index is 12.4. The molecule has 1 unspecified atom stereocenters. The number of unbranched alkanes of at least 4 members (excludes halogenated alkanes) is 65. The predicted octanol–water partition coefficient (Wildman–Crippen LogP) is 28.3. The van der Waals surface area contributed by atoms with Crippen LogP contribution in [0.3, 0.4) is 0 Å². The van der Waals surface area contributed by atoms with Crippen molar-refractivity contribution in [1.29, 1.82) is 0 Å². The highest BCUT2D eigenvalue weighted by Crippen LogP contribution is 2.21. The first-order chi connectivity index (χ1) is 43.1. The van der Waals surface area contributed by atoms with E-state index in [4.69, 9.17) is 9.47 Å². The number of aliphatic hydroxyl groups is 1. The topological polar surface area (TPSA) is 72.8 Å². The third-order valence-electron chi connectivity index (χ3n) is 19.0. The van der Waals surface area contributed by atoms with E-state index in [2.05, 4.69) is 38.2 Å². The molecule has 0 bridgehead atoms. The molecule has 0 fully saturated rings. The summed E-state index contributed by atoms with van der Waals surface area (Å²) in [4.78, 5) is 24.7. The maximum atomic E-state index is 12.4. The third-order valence-corrected chi connectivity index (χ3v) is 19.0. The molecule has 0 amide bonds. The van der Waals surface area contributed by atoms with Gasteiger partial charge in [-0.25, -0.2) is 0 Å². The zero-order chi connectivity index (χ0) is 62.6. The van der Waals surface area contributed by atoms with E-state index in [0.717, 1.165) is 38.5 Å². The third kappa shape index (κ3) is 76.7. The first-order valence-corrected chi connectivity index (χ1v) is 40.4. The lowest BCUT2D eigenvalue weighted by Crippen LogP contribution is -2.28. The minimum Gasteiger partial charge on any atom is -0.462 e. The maximum Gasteiger partial charge on any atom is 0.306 e. The lowest BCUT2D eigenvalue weighted by molar-refractivity contribution is -0.161. The highest BCUT2D eigenvalue weighted by atomic mass is 16.6. The van der Waals surface area contributed by atoms with Crippen molar-refractivity contribution in [3.05, 3.63) is 24.3 Å². The van der Waals surface area contributed by atoms with E-state index >= 15 is 0 Å². The molecule has 87 heavy (non-hydrogen) atoms. The van der Waals surface area contributed by atoms with Crippen molar-refractivity contribution >= 4 is 11.9 Å². The molecule has 0 aromatic carbocycles. The molecule has 0 saturated carbocycles. The van der Waals surface area contributed by atoms with Gasteiger partial charge in [0.15, 0.2) is 6.10 Å². The predicted molar refractivity (Wildman–Crippen MR) is 385 cm³/mol. The highest BCUT2D eigenvalue weighted by Gasteiger charge is 2.16. The second kappa shape index (κ2) is 78.6. The summed E-state index contributed by atoms with van der Waals surface area (Å²) in [5, 5.41) is 9.73. The number of carbonyl (C=O) groups excluding carboxylic acids is 2. The van der Waals surface area contributed by atoms with Crippen molar-refractivity contribution in [3.8, 4) is 0 Å². The average Bonchev–Trinajstić information content (AvgIpc) is 3.53. The average molecular weight is 1220 g/mol. The summed E-state index contributed by atoms with van der Waals surface area (Å²) < 4.78 is 10.8. The molecule has 1 N–H and O–H groups in total. The molecule has 0 aromatic rings. The van der Waals surface area contributed by atoms with E-state index in [1.165, 1.54) is 405 Å². The molecule has 516 valence electrons. The number of hydrogen-bond donors (Lipinski definition) is 1. The van der Waals surface area contributed by atoms with Crippen LogP contribution < -0.4 is 0 Å². The van der Waals surface area contributed by atoms with Gasteiger partial charge in [-0.2, -0.15) is 0 Å². The zero-order valence-corrected chi connectivity index (χ0v) is 59.6. The van der Waals surface area contributed by atoms with Crippen LogP contribution >= 0.6 is 0 Å². The molecule has 0 aliphatic heterocycles. The van der Waals surface area contributed by atoms with Crippen LogP contribution in [0.2, 0.25) is 0 Å². The van der Waals surface area contributed by atoms with E-state index in [1.807, 2.05) is 0 Å². The summed E-state index contributed by atoms with van der Waals surface area (Å²) >= 11 is 0. The molecule has 0 radical (unpaired) electrons. The van der Waals surface area contributed by atoms with Crippen LogP contribution in [0.25, 0.3) is 0 Å². The number of carbonyl (C=O) groups is 2. The van der Waals surface area contributed by atoms with Gasteiger partial charge >= 0.3 is 11.9 Å². The Balaban J connectivity index is 3.34. The van der Waals surface area contributed by atoms with Crippen LogP contribution in [0, 0.1) is 0 Å². The van der Waals surface area contributed by atoms with Crippen LogP contribution in [-0.2, 0) is 19.1 Å². The number of aliphatic hydroxyl groups excluding tert-OH is 1. The largest absolute Gasteiger partial charge is 0.462 e.